The standard InChI is InChI=1S/C15H17N3O6S/c1-15(2,3)24-10-9(14(20)23-5)16-12(17(4)13(10)19)11-8(18(21)22)6-7-25-11/h6-7H,1-5H3. The largest absolute Gasteiger partial charge is 0.480 e. The zero-order valence-corrected chi connectivity index (χ0v) is 15.2. The summed E-state index contributed by atoms with van der Waals surface area (Å²) in [5.41, 5.74) is -1.92. The molecule has 2 aromatic rings. The molecule has 0 fully saturated rings. The van der Waals surface area contributed by atoms with Gasteiger partial charge in [0.05, 0.1) is 12.0 Å². The number of thiophene rings is 1. The van der Waals surface area contributed by atoms with Gasteiger partial charge in [-0.3, -0.25) is 19.5 Å². The summed E-state index contributed by atoms with van der Waals surface area (Å²) in [5.74, 6) is -1.13. The average Bonchev–Trinajstić information content (AvgIpc) is 3.00. The van der Waals surface area contributed by atoms with E-state index < -0.39 is 22.1 Å². The molecule has 134 valence electrons. The summed E-state index contributed by atoms with van der Waals surface area (Å²) >= 11 is 1.04. The second kappa shape index (κ2) is 6.63. The Morgan fingerprint density at radius 1 is 1.40 bits per heavy atom. The van der Waals surface area contributed by atoms with E-state index in [0.717, 1.165) is 23.0 Å². The van der Waals surface area contributed by atoms with Crippen LogP contribution in [0.4, 0.5) is 5.69 Å². The van der Waals surface area contributed by atoms with Crippen LogP contribution < -0.4 is 10.3 Å². The van der Waals surface area contributed by atoms with Gasteiger partial charge in [-0.25, -0.2) is 9.78 Å². The van der Waals surface area contributed by atoms with Crippen molar-refractivity contribution in [1.82, 2.24) is 9.55 Å². The van der Waals surface area contributed by atoms with Crippen molar-refractivity contribution in [3.63, 3.8) is 0 Å². The predicted octanol–water partition coefficient (Wildman–Crippen LogP) is 2.38. The molecule has 0 saturated heterocycles. The zero-order valence-electron chi connectivity index (χ0n) is 14.4. The molecule has 0 radical (unpaired) electrons. The lowest BCUT2D eigenvalue weighted by molar-refractivity contribution is -0.383. The number of carbonyl (C=O) groups is 1. The molecular weight excluding hydrogens is 350 g/mol. The van der Waals surface area contributed by atoms with Crippen molar-refractivity contribution in [1.29, 1.82) is 0 Å². The Kier molecular flexibility index (Phi) is 4.93. The number of nitro groups is 1. The molecule has 0 saturated carbocycles. The smallest absolute Gasteiger partial charge is 0.360 e. The molecule has 0 amide bonds. The Bertz CT molecular complexity index is 894. The number of carbonyl (C=O) groups excluding carboxylic acids is 1. The van der Waals surface area contributed by atoms with Crippen molar-refractivity contribution >= 4 is 23.0 Å². The van der Waals surface area contributed by atoms with Crippen LogP contribution in [0, 0.1) is 10.1 Å². The van der Waals surface area contributed by atoms with E-state index in [-0.39, 0.29) is 27.8 Å². The zero-order chi connectivity index (χ0) is 18.9. The SMILES string of the molecule is COC(=O)c1nc(-c2sccc2[N+](=O)[O-])n(C)c(=O)c1OC(C)(C)C. The van der Waals surface area contributed by atoms with Gasteiger partial charge in [-0.2, -0.15) is 0 Å². The predicted molar refractivity (Wildman–Crippen MR) is 91.2 cm³/mol. The third-order valence-corrected chi connectivity index (χ3v) is 3.98. The van der Waals surface area contributed by atoms with Crippen LogP contribution in [-0.2, 0) is 11.8 Å². The molecule has 2 aromatic heterocycles. The number of rotatable bonds is 4. The minimum Gasteiger partial charge on any atom is -0.480 e. The van der Waals surface area contributed by atoms with Gasteiger partial charge in [0.25, 0.3) is 11.2 Å². The number of aromatic nitrogens is 2. The highest BCUT2D eigenvalue weighted by Crippen LogP contribution is 2.34. The van der Waals surface area contributed by atoms with E-state index in [4.69, 9.17) is 4.74 Å². The van der Waals surface area contributed by atoms with Crippen molar-refractivity contribution in [3.8, 4) is 16.5 Å². The van der Waals surface area contributed by atoms with E-state index in [1.807, 2.05) is 0 Å². The van der Waals surface area contributed by atoms with Crippen molar-refractivity contribution in [2.75, 3.05) is 7.11 Å². The van der Waals surface area contributed by atoms with E-state index in [2.05, 4.69) is 9.72 Å². The summed E-state index contributed by atoms with van der Waals surface area (Å²) in [7, 11) is 2.56. The molecule has 0 aliphatic rings. The van der Waals surface area contributed by atoms with Gasteiger partial charge >= 0.3 is 5.97 Å². The average molecular weight is 367 g/mol. The molecule has 0 spiro atoms. The molecule has 9 nitrogen and oxygen atoms in total. The van der Waals surface area contributed by atoms with Crippen LogP contribution in [0.2, 0.25) is 0 Å². The van der Waals surface area contributed by atoms with Crippen LogP contribution >= 0.6 is 11.3 Å². The highest BCUT2D eigenvalue weighted by atomic mass is 32.1. The second-order valence-electron chi connectivity index (χ2n) is 6.08. The molecule has 2 heterocycles. The van der Waals surface area contributed by atoms with Gasteiger partial charge in [0.15, 0.2) is 11.5 Å². The lowest BCUT2D eigenvalue weighted by atomic mass is 10.2. The van der Waals surface area contributed by atoms with Gasteiger partial charge in [-0.05, 0) is 26.2 Å². The summed E-state index contributed by atoms with van der Waals surface area (Å²) in [6, 6.07) is 1.31. The molecule has 0 aliphatic heterocycles. The number of esters is 1. The van der Waals surface area contributed by atoms with E-state index in [1.54, 1.807) is 20.8 Å². The van der Waals surface area contributed by atoms with Crippen LogP contribution in [-0.4, -0.2) is 33.2 Å². The Hall–Kier alpha value is -2.75. The van der Waals surface area contributed by atoms with E-state index in [0.29, 0.717) is 0 Å². The van der Waals surface area contributed by atoms with Crippen LogP contribution in [0.3, 0.4) is 0 Å². The number of ether oxygens (including phenoxy) is 2. The molecule has 0 atom stereocenters. The van der Waals surface area contributed by atoms with Gasteiger partial charge in [-0.1, -0.05) is 0 Å². The maximum Gasteiger partial charge on any atom is 0.360 e. The quantitative estimate of drug-likeness (QED) is 0.463. The topological polar surface area (TPSA) is 114 Å². The third-order valence-electron chi connectivity index (χ3n) is 3.08. The number of hydrogen-bond acceptors (Lipinski definition) is 8. The van der Waals surface area contributed by atoms with E-state index in [9.17, 15) is 19.7 Å². The van der Waals surface area contributed by atoms with E-state index >= 15 is 0 Å². The Labute approximate surface area is 147 Å². The van der Waals surface area contributed by atoms with Crippen molar-refractivity contribution < 1.29 is 19.2 Å². The summed E-state index contributed by atoms with van der Waals surface area (Å²) in [4.78, 5) is 39.7. The maximum atomic E-state index is 12.7. The third kappa shape index (κ3) is 3.68. The molecule has 0 N–H and O–H groups in total. The molecule has 2 rings (SSSR count). The van der Waals surface area contributed by atoms with Crippen LogP contribution in [0.25, 0.3) is 10.7 Å². The highest BCUT2D eigenvalue weighted by molar-refractivity contribution is 7.14. The van der Waals surface area contributed by atoms with Crippen molar-refractivity contribution in [3.05, 3.63) is 37.6 Å². The first-order valence-electron chi connectivity index (χ1n) is 7.17. The molecule has 25 heavy (non-hydrogen) atoms. The number of methoxy groups -OCH3 is 1. The van der Waals surface area contributed by atoms with Gasteiger partial charge < -0.3 is 9.47 Å². The first-order chi connectivity index (χ1) is 11.6. The fourth-order valence-electron chi connectivity index (χ4n) is 2.03. The fraction of sp³-hybridized carbons (Fsp3) is 0.400. The number of nitrogens with zero attached hydrogens (tertiary/aromatic N) is 3. The molecule has 0 aromatic carbocycles. The molecule has 10 heteroatoms. The summed E-state index contributed by atoms with van der Waals surface area (Å²) in [5, 5.41) is 12.7. The summed E-state index contributed by atoms with van der Waals surface area (Å²) in [6.07, 6.45) is 0. The fourth-order valence-corrected chi connectivity index (χ4v) is 2.92. The second-order valence-corrected chi connectivity index (χ2v) is 6.99. The van der Waals surface area contributed by atoms with Crippen LogP contribution in [0.5, 0.6) is 5.75 Å². The van der Waals surface area contributed by atoms with Crippen LogP contribution in [0.15, 0.2) is 16.2 Å². The van der Waals surface area contributed by atoms with Gasteiger partial charge in [0.1, 0.15) is 10.5 Å². The normalized spacial score (nSPS) is 11.2. The Morgan fingerprint density at radius 2 is 2.04 bits per heavy atom. The lowest BCUT2D eigenvalue weighted by Gasteiger charge is -2.22. The van der Waals surface area contributed by atoms with Gasteiger partial charge in [-0.15, -0.1) is 11.3 Å². The monoisotopic (exact) mass is 367 g/mol. The number of hydrogen-bond donors (Lipinski definition) is 0. The van der Waals surface area contributed by atoms with Crippen molar-refractivity contribution in [2.24, 2.45) is 7.05 Å². The molecule has 0 aliphatic carbocycles. The molecule has 0 bridgehead atoms. The first kappa shape index (κ1) is 18.6. The van der Waals surface area contributed by atoms with E-state index in [1.165, 1.54) is 18.5 Å². The van der Waals surface area contributed by atoms with Crippen LogP contribution in [0.1, 0.15) is 31.3 Å². The minimum absolute atomic E-state index is 0.00615. The van der Waals surface area contributed by atoms with Gasteiger partial charge in [0, 0.05) is 13.1 Å². The Morgan fingerprint density at radius 3 is 2.56 bits per heavy atom. The first-order valence-corrected chi connectivity index (χ1v) is 8.05. The highest BCUT2D eigenvalue weighted by Gasteiger charge is 2.29. The summed E-state index contributed by atoms with van der Waals surface area (Å²) in [6.45, 7) is 5.14. The molecule has 0 unspecified atom stereocenters. The Balaban J connectivity index is 2.79. The lowest BCUT2D eigenvalue weighted by Crippen LogP contribution is -2.32. The van der Waals surface area contributed by atoms with Crippen molar-refractivity contribution in [2.45, 2.75) is 26.4 Å². The molecular formula is C15H17N3O6S. The maximum absolute atomic E-state index is 12.7. The van der Waals surface area contributed by atoms with Gasteiger partial charge in [0.2, 0.25) is 5.75 Å². The minimum atomic E-state index is -0.864. The summed E-state index contributed by atoms with van der Waals surface area (Å²) < 4.78 is 11.4.